The van der Waals surface area contributed by atoms with Gasteiger partial charge < -0.3 is 5.32 Å². The fraction of sp³-hybridized carbons (Fsp3) is 0.308. The molecule has 5 nitrogen and oxygen atoms in total. The van der Waals surface area contributed by atoms with Crippen molar-refractivity contribution in [3.05, 3.63) is 33.3 Å². The van der Waals surface area contributed by atoms with E-state index in [1.165, 1.54) is 12.1 Å². The lowest BCUT2D eigenvalue weighted by molar-refractivity contribution is -0.121. The van der Waals surface area contributed by atoms with Gasteiger partial charge >= 0.3 is 0 Å². The normalized spacial score (nSPS) is 13.7. The summed E-state index contributed by atoms with van der Waals surface area (Å²) < 4.78 is 0. The summed E-state index contributed by atoms with van der Waals surface area (Å²) in [6.45, 7) is 2.10. The molecule has 1 N–H and O–H groups in total. The average molecular weight is 315 g/mol. The molecule has 0 spiro atoms. The zero-order valence-electron chi connectivity index (χ0n) is 10.7. The average Bonchev–Trinajstić information content (AvgIpc) is 2.63. The first-order valence-electron chi connectivity index (χ1n) is 6.07. The largest absolute Gasteiger partial charge is 0.355 e. The van der Waals surface area contributed by atoms with Gasteiger partial charge in [0.1, 0.15) is 6.54 Å². The van der Waals surface area contributed by atoms with Gasteiger partial charge in [-0.3, -0.25) is 19.3 Å². The fourth-order valence-electron chi connectivity index (χ4n) is 1.89. The number of carbonyl (C=O) groups excluding carboxylic acids is 3. The summed E-state index contributed by atoms with van der Waals surface area (Å²) in [5, 5.41) is 3.01. The number of carbonyl (C=O) groups is 3. The minimum atomic E-state index is -0.532. The third-order valence-electron chi connectivity index (χ3n) is 2.89. The lowest BCUT2D eigenvalue weighted by Gasteiger charge is -2.13. The number of nitrogens with zero attached hydrogens (tertiary/aromatic N) is 1. The van der Waals surface area contributed by atoms with Crippen LogP contribution in [0.25, 0.3) is 0 Å². The molecule has 0 aliphatic carbocycles. The molecule has 0 saturated heterocycles. The van der Waals surface area contributed by atoms with E-state index in [1.54, 1.807) is 0 Å². The van der Waals surface area contributed by atoms with Gasteiger partial charge in [0.25, 0.3) is 11.8 Å². The summed E-state index contributed by atoms with van der Waals surface area (Å²) in [5.41, 5.74) is 0.348. The molecule has 0 atom stereocenters. The van der Waals surface area contributed by atoms with Crippen LogP contribution in [0.2, 0.25) is 10.0 Å². The Balaban J connectivity index is 2.22. The number of rotatable bonds is 4. The maximum atomic E-state index is 12.1. The van der Waals surface area contributed by atoms with Gasteiger partial charge in [-0.05, 0) is 18.6 Å². The van der Waals surface area contributed by atoms with Crippen molar-refractivity contribution >= 4 is 40.9 Å². The van der Waals surface area contributed by atoms with Crippen LogP contribution in [0.3, 0.4) is 0 Å². The molecule has 1 aliphatic rings. The summed E-state index contributed by atoms with van der Waals surface area (Å²) >= 11 is 11.7. The molecule has 2 rings (SSSR count). The second-order valence-corrected chi connectivity index (χ2v) is 5.17. The minimum absolute atomic E-state index is 0.174. The monoisotopic (exact) mass is 314 g/mol. The van der Waals surface area contributed by atoms with Gasteiger partial charge in [-0.2, -0.15) is 0 Å². The smallest absolute Gasteiger partial charge is 0.262 e. The van der Waals surface area contributed by atoms with Crippen molar-refractivity contribution in [3.63, 3.8) is 0 Å². The van der Waals surface area contributed by atoms with E-state index in [-0.39, 0.29) is 33.6 Å². The van der Waals surface area contributed by atoms with Crippen molar-refractivity contribution in [1.82, 2.24) is 10.2 Å². The molecule has 1 heterocycles. The number of hydrogen-bond acceptors (Lipinski definition) is 3. The highest BCUT2D eigenvalue weighted by Crippen LogP contribution is 2.31. The van der Waals surface area contributed by atoms with E-state index in [0.717, 1.165) is 11.3 Å². The minimum Gasteiger partial charge on any atom is -0.355 e. The Morgan fingerprint density at radius 2 is 1.65 bits per heavy atom. The van der Waals surface area contributed by atoms with E-state index in [2.05, 4.69) is 5.32 Å². The van der Waals surface area contributed by atoms with E-state index >= 15 is 0 Å². The zero-order chi connectivity index (χ0) is 14.9. The van der Waals surface area contributed by atoms with Crippen LogP contribution >= 0.6 is 23.2 Å². The van der Waals surface area contributed by atoms with Gasteiger partial charge in [0, 0.05) is 6.54 Å². The van der Waals surface area contributed by atoms with Crippen molar-refractivity contribution in [2.45, 2.75) is 13.3 Å². The summed E-state index contributed by atoms with van der Waals surface area (Å²) in [6.07, 6.45) is 0.777. The first-order valence-corrected chi connectivity index (χ1v) is 6.83. The Hall–Kier alpha value is -1.59. The van der Waals surface area contributed by atoms with Gasteiger partial charge in [-0.25, -0.2) is 0 Å². The van der Waals surface area contributed by atoms with Crippen LogP contribution in [0.5, 0.6) is 0 Å². The summed E-state index contributed by atoms with van der Waals surface area (Å²) in [7, 11) is 0. The van der Waals surface area contributed by atoms with Crippen LogP contribution in [-0.2, 0) is 4.79 Å². The first kappa shape index (κ1) is 14.8. The Kier molecular flexibility index (Phi) is 4.30. The van der Waals surface area contributed by atoms with Gasteiger partial charge in [-0.15, -0.1) is 0 Å². The van der Waals surface area contributed by atoms with E-state index in [9.17, 15) is 14.4 Å². The topological polar surface area (TPSA) is 66.5 Å². The van der Waals surface area contributed by atoms with Crippen LogP contribution < -0.4 is 5.32 Å². The molecule has 0 unspecified atom stereocenters. The highest BCUT2D eigenvalue weighted by Gasteiger charge is 2.37. The van der Waals surface area contributed by atoms with Crippen LogP contribution in [0.1, 0.15) is 34.1 Å². The molecule has 0 bridgehead atoms. The van der Waals surface area contributed by atoms with Gasteiger partial charge in [0.2, 0.25) is 5.91 Å². The van der Waals surface area contributed by atoms with Crippen LogP contribution in [0.15, 0.2) is 12.1 Å². The summed E-state index contributed by atoms with van der Waals surface area (Å²) in [4.78, 5) is 36.7. The summed E-state index contributed by atoms with van der Waals surface area (Å²) in [5.74, 6) is -1.44. The maximum absolute atomic E-state index is 12.1. The fourth-order valence-corrected chi connectivity index (χ4v) is 2.22. The number of nitrogens with one attached hydrogen (secondary N) is 1. The van der Waals surface area contributed by atoms with Crippen LogP contribution in [0.4, 0.5) is 0 Å². The molecule has 0 radical (unpaired) electrons. The molecular weight excluding hydrogens is 303 g/mol. The number of imide groups is 1. The third kappa shape index (κ3) is 2.64. The van der Waals surface area contributed by atoms with E-state index in [1.807, 2.05) is 6.92 Å². The lowest BCUT2D eigenvalue weighted by Crippen LogP contribution is -2.40. The van der Waals surface area contributed by atoms with Crippen molar-refractivity contribution < 1.29 is 14.4 Å². The van der Waals surface area contributed by atoms with E-state index in [4.69, 9.17) is 23.2 Å². The predicted octanol–water partition coefficient (Wildman–Crippen LogP) is 2.12. The van der Waals surface area contributed by atoms with Crippen molar-refractivity contribution in [2.75, 3.05) is 13.1 Å². The van der Waals surface area contributed by atoms with Crippen molar-refractivity contribution in [2.24, 2.45) is 0 Å². The standard InChI is InChI=1S/C13H12Cl2N2O3/c1-2-3-16-11(18)6-17-12(19)7-4-9(14)10(15)5-8(7)13(17)20/h4-5H,2-3,6H2,1H3,(H,16,18). The Bertz CT molecular complexity index is 561. The van der Waals surface area contributed by atoms with E-state index in [0.29, 0.717) is 6.54 Å². The zero-order valence-corrected chi connectivity index (χ0v) is 12.2. The molecule has 3 amide bonds. The first-order chi connectivity index (χ1) is 9.45. The van der Waals surface area contributed by atoms with Gasteiger partial charge in [0.05, 0.1) is 21.2 Å². The SMILES string of the molecule is CCCNC(=O)CN1C(=O)c2cc(Cl)c(Cl)cc2C1=O. The third-order valence-corrected chi connectivity index (χ3v) is 3.61. The van der Waals surface area contributed by atoms with Crippen molar-refractivity contribution in [3.8, 4) is 0 Å². The number of amides is 3. The Morgan fingerprint density at radius 3 is 2.10 bits per heavy atom. The highest BCUT2D eigenvalue weighted by molar-refractivity contribution is 6.43. The quantitative estimate of drug-likeness (QED) is 0.866. The molecule has 7 heteroatoms. The van der Waals surface area contributed by atoms with Gasteiger partial charge in [-0.1, -0.05) is 30.1 Å². The molecule has 1 aromatic rings. The number of halogens is 2. The molecule has 1 aliphatic heterocycles. The molecule has 0 fully saturated rings. The molecule has 20 heavy (non-hydrogen) atoms. The second kappa shape index (κ2) is 5.81. The number of fused-ring (bicyclic) bond motifs is 1. The van der Waals surface area contributed by atoms with Gasteiger partial charge in [0.15, 0.2) is 0 Å². The predicted molar refractivity (Wildman–Crippen MR) is 75.1 cm³/mol. The van der Waals surface area contributed by atoms with Crippen LogP contribution in [-0.4, -0.2) is 35.7 Å². The Labute approximate surface area is 125 Å². The lowest BCUT2D eigenvalue weighted by atomic mass is 10.1. The molecular formula is C13H12Cl2N2O3. The highest BCUT2D eigenvalue weighted by atomic mass is 35.5. The Morgan fingerprint density at radius 1 is 1.15 bits per heavy atom. The molecule has 0 saturated carbocycles. The van der Waals surface area contributed by atoms with Crippen molar-refractivity contribution in [1.29, 1.82) is 0 Å². The summed E-state index contributed by atoms with van der Waals surface area (Å²) in [6, 6.07) is 2.70. The molecule has 1 aromatic carbocycles. The maximum Gasteiger partial charge on any atom is 0.262 e. The van der Waals surface area contributed by atoms with E-state index < -0.39 is 11.8 Å². The van der Waals surface area contributed by atoms with Crippen LogP contribution in [0, 0.1) is 0 Å². The second-order valence-electron chi connectivity index (χ2n) is 4.36. The number of hydrogen-bond donors (Lipinski definition) is 1. The molecule has 106 valence electrons. The number of benzene rings is 1. The molecule has 0 aromatic heterocycles.